The van der Waals surface area contributed by atoms with Gasteiger partial charge in [0, 0.05) is 24.2 Å². The van der Waals surface area contributed by atoms with Gasteiger partial charge < -0.3 is 10.6 Å². The van der Waals surface area contributed by atoms with Crippen molar-refractivity contribution in [2.24, 2.45) is 23.2 Å². The molecule has 0 bridgehead atoms. The molecule has 9 atom stereocenters. The van der Waals surface area contributed by atoms with Crippen molar-refractivity contribution in [1.82, 2.24) is 15.5 Å². The molecule has 8 aliphatic rings. The molecule has 9 unspecified atom stereocenters. The summed E-state index contributed by atoms with van der Waals surface area (Å²) in [5.74, 6) is 6.04. The smallest absolute Gasteiger partial charge is 0.150 e. The van der Waals surface area contributed by atoms with E-state index >= 15 is 0 Å². The molecule has 4 heterocycles. The second kappa shape index (κ2) is 11.2. The van der Waals surface area contributed by atoms with Crippen LogP contribution in [0.3, 0.4) is 0 Å². The highest BCUT2D eigenvalue weighted by molar-refractivity contribution is 6.64. The highest BCUT2D eigenvalue weighted by Gasteiger charge is 2.70. The number of nitrogens with one attached hydrogen (secondary N) is 2. The van der Waals surface area contributed by atoms with E-state index in [1.807, 2.05) is 0 Å². The van der Waals surface area contributed by atoms with E-state index in [1.165, 1.54) is 116 Å². The maximum absolute atomic E-state index is 4.47. The monoisotopic (exact) mass is 533 g/mol. The SMILES string of the molecule is C1CCC(B2C3CCCCC3C3(C4CNCCC24)C2CCCCC2N(C2CCCCC2)C2CCCNC23)CC1. The molecule has 8 fully saturated rings. The van der Waals surface area contributed by atoms with Crippen molar-refractivity contribution in [3.05, 3.63) is 0 Å². The fourth-order valence-corrected chi connectivity index (χ4v) is 14.1. The molecule has 8 rings (SSSR count). The molecule has 0 aromatic rings. The summed E-state index contributed by atoms with van der Waals surface area (Å²) < 4.78 is 0. The summed E-state index contributed by atoms with van der Waals surface area (Å²) in [5.41, 5.74) is 0.565. The van der Waals surface area contributed by atoms with Gasteiger partial charge in [0.25, 0.3) is 0 Å². The summed E-state index contributed by atoms with van der Waals surface area (Å²) in [4.78, 5) is 3.31. The third-order valence-corrected chi connectivity index (χ3v) is 14.9. The second-order valence-electron chi connectivity index (χ2n) is 16.1. The van der Waals surface area contributed by atoms with Gasteiger partial charge >= 0.3 is 0 Å². The van der Waals surface area contributed by atoms with Gasteiger partial charge in [-0.1, -0.05) is 107 Å². The minimum Gasteiger partial charge on any atom is -0.316 e. The molecule has 4 saturated carbocycles. The van der Waals surface area contributed by atoms with Crippen LogP contribution in [0.25, 0.3) is 0 Å². The number of likely N-dealkylation sites (tertiary alicyclic amines) is 1. The highest BCUT2D eigenvalue weighted by atomic mass is 15.3. The van der Waals surface area contributed by atoms with E-state index in [-0.39, 0.29) is 0 Å². The molecule has 0 aromatic heterocycles. The Kier molecular flexibility index (Phi) is 7.64. The van der Waals surface area contributed by atoms with Crippen LogP contribution in [0.1, 0.15) is 135 Å². The predicted molar refractivity (Wildman–Crippen MR) is 165 cm³/mol. The van der Waals surface area contributed by atoms with Crippen molar-refractivity contribution in [2.75, 3.05) is 19.6 Å². The predicted octanol–water partition coefficient (Wildman–Crippen LogP) is 7.68. The molecule has 0 radical (unpaired) electrons. The van der Waals surface area contributed by atoms with Gasteiger partial charge in [0.1, 0.15) is 6.71 Å². The van der Waals surface area contributed by atoms with Crippen molar-refractivity contribution >= 4 is 6.71 Å². The summed E-state index contributed by atoms with van der Waals surface area (Å²) >= 11 is 0. The van der Waals surface area contributed by atoms with Crippen LogP contribution in [0.2, 0.25) is 17.5 Å². The van der Waals surface area contributed by atoms with Crippen molar-refractivity contribution in [2.45, 2.75) is 176 Å². The summed E-state index contributed by atoms with van der Waals surface area (Å²) in [7, 11) is 0. The van der Waals surface area contributed by atoms with E-state index < -0.39 is 0 Å². The molecule has 3 nitrogen and oxygen atoms in total. The van der Waals surface area contributed by atoms with Crippen LogP contribution in [0.4, 0.5) is 0 Å². The standard InChI is InChI=1S/C35H60BN3/c1-3-12-25(13-4-1)36-30-18-9-7-16-27(30)35(29-24-37-23-21-31(29)36)28-17-8-10-19-32(28)39(26-14-5-2-6-15-26)33-20-11-22-38-34(33)35/h25-34,37-38H,1-24H2. The average Bonchev–Trinajstić information content (AvgIpc) is 3.02. The van der Waals surface area contributed by atoms with Gasteiger partial charge in [-0.2, -0.15) is 0 Å². The molecule has 4 saturated heterocycles. The number of fused-ring (bicyclic) bond motifs is 8. The Balaban J connectivity index is 1.26. The maximum atomic E-state index is 4.47. The van der Waals surface area contributed by atoms with E-state index in [9.17, 15) is 0 Å². The highest BCUT2D eigenvalue weighted by Crippen LogP contribution is 2.71. The van der Waals surface area contributed by atoms with Crippen LogP contribution in [0.5, 0.6) is 0 Å². The van der Waals surface area contributed by atoms with Crippen molar-refractivity contribution in [3.8, 4) is 0 Å². The Morgan fingerprint density at radius 3 is 2.05 bits per heavy atom. The van der Waals surface area contributed by atoms with E-state index in [0.717, 1.165) is 66.1 Å². The summed E-state index contributed by atoms with van der Waals surface area (Å²) in [6.45, 7) is 5.03. The molecule has 218 valence electrons. The first-order valence-corrected chi connectivity index (χ1v) is 18.6. The van der Waals surface area contributed by atoms with Crippen LogP contribution in [-0.4, -0.2) is 55.4 Å². The maximum Gasteiger partial charge on any atom is 0.150 e. The van der Waals surface area contributed by atoms with Gasteiger partial charge in [0.2, 0.25) is 0 Å². The van der Waals surface area contributed by atoms with E-state index in [0.29, 0.717) is 5.41 Å². The van der Waals surface area contributed by atoms with Gasteiger partial charge in [0.05, 0.1) is 0 Å². The summed E-state index contributed by atoms with van der Waals surface area (Å²) in [6.07, 6.45) is 32.0. The lowest BCUT2D eigenvalue weighted by atomic mass is 9.15. The first-order chi connectivity index (χ1) is 19.4. The van der Waals surface area contributed by atoms with Gasteiger partial charge in [-0.05, 0) is 87.7 Å². The van der Waals surface area contributed by atoms with Crippen LogP contribution < -0.4 is 10.6 Å². The lowest BCUT2D eigenvalue weighted by Gasteiger charge is -2.74. The zero-order valence-electron chi connectivity index (χ0n) is 25.3. The van der Waals surface area contributed by atoms with Crippen LogP contribution in [0, 0.1) is 23.2 Å². The Labute approximate surface area is 241 Å². The molecule has 39 heavy (non-hydrogen) atoms. The van der Waals surface area contributed by atoms with E-state index in [1.54, 1.807) is 38.5 Å². The Morgan fingerprint density at radius 2 is 1.21 bits per heavy atom. The van der Waals surface area contributed by atoms with Crippen molar-refractivity contribution < 1.29 is 0 Å². The molecule has 4 heteroatoms. The van der Waals surface area contributed by atoms with Gasteiger partial charge in [-0.25, -0.2) is 0 Å². The lowest BCUT2D eigenvalue weighted by Crippen LogP contribution is -2.79. The third-order valence-electron chi connectivity index (χ3n) is 14.9. The van der Waals surface area contributed by atoms with Crippen LogP contribution in [-0.2, 0) is 0 Å². The minimum absolute atomic E-state index is 0.565. The van der Waals surface area contributed by atoms with Crippen LogP contribution in [0.15, 0.2) is 0 Å². The fourth-order valence-electron chi connectivity index (χ4n) is 14.1. The number of hydrogen-bond donors (Lipinski definition) is 2. The first-order valence-electron chi connectivity index (χ1n) is 18.6. The number of rotatable bonds is 2. The second-order valence-corrected chi connectivity index (χ2v) is 16.1. The van der Waals surface area contributed by atoms with Crippen LogP contribution >= 0.6 is 0 Å². The molecule has 4 aliphatic carbocycles. The molecular formula is C35H60BN3. The number of nitrogens with zero attached hydrogens (tertiary/aromatic N) is 1. The fraction of sp³-hybridized carbons (Fsp3) is 1.00. The van der Waals surface area contributed by atoms with Gasteiger partial charge in [0.15, 0.2) is 0 Å². The Morgan fingerprint density at radius 1 is 0.538 bits per heavy atom. The summed E-state index contributed by atoms with van der Waals surface area (Å²) in [5, 5.41) is 8.57. The average molecular weight is 534 g/mol. The first kappa shape index (κ1) is 26.6. The quantitative estimate of drug-likeness (QED) is 0.357. The Bertz CT molecular complexity index is 716. The van der Waals surface area contributed by atoms with Crippen molar-refractivity contribution in [3.63, 3.8) is 0 Å². The van der Waals surface area contributed by atoms with Crippen molar-refractivity contribution in [1.29, 1.82) is 0 Å². The summed E-state index contributed by atoms with van der Waals surface area (Å²) in [6, 6.07) is 3.41. The van der Waals surface area contributed by atoms with Gasteiger partial charge in [-0.15, -0.1) is 0 Å². The molecular weight excluding hydrogens is 473 g/mol. The minimum atomic E-state index is 0.565. The zero-order chi connectivity index (χ0) is 25.8. The number of piperidine rings is 3. The Hall–Kier alpha value is -0.0551. The zero-order valence-corrected chi connectivity index (χ0v) is 25.3. The molecule has 1 spiro atoms. The van der Waals surface area contributed by atoms with Gasteiger partial charge in [-0.3, -0.25) is 4.90 Å². The van der Waals surface area contributed by atoms with E-state index in [2.05, 4.69) is 15.5 Å². The number of hydrogen-bond acceptors (Lipinski definition) is 3. The molecule has 4 aliphatic heterocycles. The normalized spacial score (nSPS) is 48.2. The largest absolute Gasteiger partial charge is 0.316 e. The third kappa shape index (κ3) is 4.21. The van der Waals surface area contributed by atoms with E-state index in [4.69, 9.17) is 0 Å². The lowest BCUT2D eigenvalue weighted by molar-refractivity contribution is -0.191. The molecule has 0 amide bonds. The topological polar surface area (TPSA) is 27.3 Å². The molecule has 2 N–H and O–H groups in total. The molecule has 0 aromatic carbocycles.